The van der Waals surface area contributed by atoms with Gasteiger partial charge in [-0.2, -0.15) is 0 Å². The Balaban J connectivity index is 1.36. The van der Waals surface area contributed by atoms with Crippen molar-refractivity contribution in [3.05, 3.63) is 48.1 Å². The van der Waals surface area contributed by atoms with Gasteiger partial charge in [0.1, 0.15) is 5.82 Å². The van der Waals surface area contributed by atoms with Crippen LogP contribution in [0.4, 0.5) is 8.78 Å². The van der Waals surface area contributed by atoms with Gasteiger partial charge in [-0.05, 0) is 92.7 Å². The van der Waals surface area contributed by atoms with Crippen LogP contribution in [-0.4, -0.2) is 0 Å². The molecule has 3 rings (SSSR count). The molecule has 0 unspecified atom stereocenters. The maximum atomic E-state index is 13.0. The third-order valence-corrected chi connectivity index (χ3v) is 6.41. The van der Waals surface area contributed by atoms with Crippen LogP contribution in [0.1, 0.15) is 75.7 Å². The Morgan fingerprint density at radius 3 is 1.88 bits per heavy atom. The molecule has 0 aliphatic heterocycles. The second-order valence-electron chi connectivity index (χ2n) is 7.95. The van der Waals surface area contributed by atoms with Crippen molar-refractivity contribution in [2.75, 3.05) is 0 Å². The maximum absolute atomic E-state index is 13.0. The fourth-order valence-corrected chi connectivity index (χ4v) is 4.76. The Hall–Kier alpha value is -1.18. The largest absolute Gasteiger partial charge is 0.216 e. The predicted molar refractivity (Wildman–Crippen MR) is 96.0 cm³/mol. The van der Waals surface area contributed by atoms with E-state index in [0.717, 1.165) is 18.2 Å². The molecular formula is C22H30F2. The summed E-state index contributed by atoms with van der Waals surface area (Å²) < 4.78 is 25.3. The van der Waals surface area contributed by atoms with Crippen LogP contribution >= 0.6 is 0 Å². The molecule has 0 atom stereocenters. The third-order valence-electron chi connectivity index (χ3n) is 6.41. The molecular weight excluding hydrogens is 302 g/mol. The first-order valence-electron chi connectivity index (χ1n) is 9.77. The Morgan fingerprint density at radius 2 is 1.33 bits per heavy atom. The van der Waals surface area contributed by atoms with Crippen LogP contribution in [0.5, 0.6) is 0 Å². The van der Waals surface area contributed by atoms with Gasteiger partial charge in [-0.15, -0.1) is 0 Å². The Kier molecular flexibility index (Phi) is 6.45. The van der Waals surface area contributed by atoms with Gasteiger partial charge in [0.05, 0.1) is 6.33 Å². The van der Waals surface area contributed by atoms with E-state index in [0.29, 0.717) is 11.8 Å². The monoisotopic (exact) mass is 332 g/mol. The summed E-state index contributed by atoms with van der Waals surface area (Å²) in [5, 5.41) is 0. The predicted octanol–water partition coefficient (Wildman–Crippen LogP) is 7.17. The van der Waals surface area contributed by atoms with Crippen molar-refractivity contribution in [2.45, 2.75) is 70.1 Å². The first-order valence-corrected chi connectivity index (χ1v) is 9.77. The van der Waals surface area contributed by atoms with Crippen molar-refractivity contribution < 1.29 is 8.78 Å². The fourth-order valence-electron chi connectivity index (χ4n) is 4.76. The fraction of sp³-hybridized carbons (Fsp3) is 0.636. The van der Waals surface area contributed by atoms with E-state index in [-0.39, 0.29) is 5.82 Å². The first-order chi connectivity index (χ1) is 11.7. The van der Waals surface area contributed by atoms with E-state index >= 15 is 0 Å². The molecule has 0 aromatic heterocycles. The van der Waals surface area contributed by atoms with Gasteiger partial charge in [0.25, 0.3) is 0 Å². The number of rotatable bonds is 5. The van der Waals surface area contributed by atoms with Crippen LogP contribution in [0.25, 0.3) is 0 Å². The summed E-state index contributed by atoms with van der Waals surface area (Å²) in [6.45, 7) is 0. The van der Waals surface area contributed by atoms with E-state index in [1.165, 1.54) is 69.8 Å². The maximum Gasteiger partial charge on any atom is 0.123 e. The second-order valence-corrected chi connectivity index (χ2v) is 7.95. The van der Waals surface area contributed by atoms with Gasteiger partial charge in [0.15, 0.2) is 0 Å². The number of hydrogen-bond acceptors (Lipinski definition) is 0. The lowest BCUT2D eigenvalue weighted by Gasteiger charge is -2.31. The van der Waals surface area contributed by atoms with Crippen molar-refractivity contribution >= 4 is 0 Å². The zero-order valence-electron chi connectivity index (χ0n) is 14.6. The SMILES string of the molecule is FC=CC1CCC(CCC2CCC(c3ccc(F)cc3)CC2)CC1. The molecule has 2 saturated carbocycles. The van der Waals surface area contributed by atoms with Crippen molar-refractivity contribution in [1.29, 1.82) is 0 Å². The summed E-state index contributed by atoms with van der Waals surface area (Å²) in [6.07, 6.45) is 15.2. The molecule has 0 radical (unpaired) electrons. The molecule has 1 aromatic rings. The number of benzene rings is 1. The molecule has 2 aliphatic carbocycles. The van der Waals surface area contributed by atoms with Gasteiger partial charge < -0.3 is 0 Å². The van der Waals surface area contributed by atoms with Crippen molar-refractivity contribution in [1.82, 2.24) is 0 Å². The zero-order valence-corrected chi connectivity index (χ0v) is 14.6. The minimum Gasteiger partial charge on any atom is -0.216 e. The van der Waals surface area contributed by atoms with Crippen LogP contribution in [-0.2, 0) is 0 Å². The number of halogens is 2. The topological polar surface area (TPSA) is 0 Å². The average Bonchev–Trinajstić information content (AvgIpc) is 2.63. The van der Waals surface area contributed by atoms with Crippen molar-refractivity contribution in [3.8, 4) is 0 Å². The Labute approximate surface area is 145 Å². The van der Waals surface area contributed by atoms with E-state index in [1.807, 2.05) is 12.1 Å². The summed E-state index contributed by atoms with van der Waals surface area (Å²) in [5.41, 5.74) is 1.31. The normalized spacial score (nSPS) is 31.4. The lowest BCUT2D eigenvalue weighted by molar-refractivity contribution is 0.245. The molecule has 0 nitrogen and oxygen atoms in total. The minimum absolute atomic E-state index is 0.135. The van der Waals surface area contributed by atoms with Crippen molar-refractivity contribution in [2.24, 2.45) is 17.8 Å². The average molecular weight is 332 g/mol. The van der Waals surface area contributed by atoms with Crippen molar-refractivity contribution in [3.63, 3.8) is 0 Å². The molecule has 2 heteroatoms. The molecule has 2 aliphatic rings. The minimum atomic E-state index is -0.135. The molecule has 0 saturated heterocycles. The van der Waals surface area contributed by atoms with Crippen LogP contribution in [0, 0.1) is 23.6 Å². The zero-order chi connectivity index (χ0) is 16.8. The first kappa shape index (κ1) is 17.6. The van der Waals surface area contributed by atoms with E-state index in [9.17, 15) is 8.78 Å². The Bertz CT molecular complexity index is 503. The van der Waals surface area contributed by atoms with Crippen LogP contribution in [0.15, 0.2) is 36.7 Å². The van der Waals surface area contributed by atoms with E-state index in [4.69, 9.17) is 0 Å². The molecule has 1 aromatic carbocycles. The molecule has 132 valence electrons. The molecule has 0 heterocycles. The van der Waals surface area contributed by atoms with Gasteiger partial charge in [-0.1, -0.05) is 31.1 Å². The quantitative estimate of drug-likeness (QED) is 0.536. The molecule has 0 amide bonds. The molecule has 0 N–H and O–H groups in total. The number of hydrogen-bond donors (Lipinski definition) is 0. The van der Waals surface area contributed by atoms with Crippen LogP contribution in [0.2, 0.25) is 0 Å². The smallest absolute Gasteiger partial charge is 0.123 e. The van der Waals surface area contributed by atoms with Gasteiger partial charge in [-0.3, -0.25) is 0 Å². The van der Waals surface area contributed by atoms with Crippen LogP contribution in [0.3, 0.4) is 0 Å². The molecule has 2 fully saturated rings. The highest BCUT2D eigenvalue weighted by Crippen LogP contribution is 2.39. The summed E-state index contributed by atoms with van der Waals surface area (Å²) in [5.74, 6) is 2.72. The summed E-state index contributed by atoms with van der Waals surface area (Å²) in [6, 6.07) is 7.11. The molecule has 24 heavy (non-hydrogen) atoms. The second kappa shape index (κ2) is 8.78. The number of allylic oxidation sites excluding steroid dienone is 1. The highest BCUT2D eigenvalue weighted by Gasteiger charge is 2.24. The Morgan fingerprint density at radius 1 is 0.792 bits per heavy atom. The summed E-state index contributed by atoms with van der Waals surface area (Å²) in [4.78, 5) is 0. The van der Waals surface area contributed by atoms with E-state index < -0.39 is 0 Å². The van der Waals surface area contributed by atoms with Gasteiger partial charge in [0, 0.05) is 0 Å². The highest BCUT2D eigenvalue weighted by atomic mass is 19.1. The molecule has 0 spiro atoms. The van der Waals surface area contributed by atoms with E-state index in [2.05, 4.69) is 0 Å². The highest BCUT2D eigenvalue weighted by molar-refractivity contribution is 5.20. The van der Waals surface area contributed by atoms with Crippen LogP contribution < -0.4 is 0 Å². The molecule has 0 bridgehead atoms. The summed E-state index contributed by atoms with van der Waals surface area (Å²) in [7, 11) is 0. The van der Waals surface area contributed by atoms with Gasteiger partial charge in [0.2, 0.25) is 0 Å². The summed E-state index contributed by atoms with van der Waals surface area (Å²) >= 11 is 0. The van der Waals surface area contributed by atoms with E-state index in [1.54, 1.807) is 18.2 Å². The lowest BCUT2D eigenvalue weighted by atomic mass is 9.74. The third kappa shape index (κ3) is 4.91. The lowest BCUT2D eigenvalue weighted by Crippen LogP contribution is -2.17. The standard InChI is InChI=1S/C22H30F2/c23-16-15-19-5-3-17(4-6-19)1-2-18-7-9-20(10-8-18)21-11-13-22(24)14-12-21/h11-20H,1-10H2. The van der Waals surface area contributed by atoms with Gasteiger partial charge >= 0.3 is 0 Å². The van der Waals surface area contributed by atoms with Gasteiger partial charge in [-0.25, -0.2) is 8.78 Å².